The van der Waals surface area contributed by atoms with Gasteiger partial charge in [-0.2, -0.15) is 0 Å². The molecule has 5 nitrogen and oxygen atoms in total. The van der Waals surface area contributed by atoms with Crippen molar-refractivity contribution in [1.29, 1.82) is 0 Å². The molecule has 0 heterocycles. The van der Waals surface area contributed by atoms with E-state index in [1.807, 2.05) is 0 Å². The molecule has 0 atom stereocenters. The molecule has 0 bridgehead atoms. The van der Waals surface area contributed by atoms with E-state index in [-0.39, 0.29) is 5.75 Å². The molecule has 70 valence electrons. The lowest BCUT2D eigenvalue weighted by atomic mass is 10.2. The predicted octanol–water partition coefficient (Wildman–Crippen LogP) is 0.376. The van der Waals surface area contributed by atoms with Crippen molar-refractivity contribution in [3.05, 3.63) is 29.8 Å². The van der Waals surface area contributed by atoms with Gasteiger partial charge < -0.3 is 20.0 Å². The van der Waals surface area contributed by atoms with E-state index in [9.17, 15) is 4.79 Å². The van der Waals surface area contributed by atoms with E-state index in [1.165, 1.54) is 24.3 Å². The summed E-state index contributed by atoms with van der Waals surface area (Å²) in [5, 5.41) is 0. The fraction of sp³-hybridized carbons (Fsp3) is 0. The van der Waals surface area contributed by atoms with Crippen LogP contribution in [0.5, 0.6) is 5.75 Å². The number of primary amides is 1. The Hall–Kier alpha value is -1.16. The molecule has 0 saturated heterocycles. The molecule has 0 aromatic heterocycles. The number of hydrogen-bond donors (Lipinski definition) is 3. The monoisotopic (exact) mass is 201 g/mol. The first-order chi connectivity index (χ1) is 6.09. The molecule has 0 spiro atoms. The summed E-state index contributed by atoms with van der Waals surface area (Å²) in [6.07, 6.45) is 0. The Morgan fingerprint density at radius 3 is 2.23 bits per heavy atom. The van der Waals surface area contributed by atoms with Crippen molar-refractivity contribution in [3.8, 4) is 5.75 Å². The van der Waals surface area contributed by atoms with Crippen molar-refractivity contribution in [2.45, 2.75) is 0 Å². The highest BCUT2D eigenvalue weighted by atomic mass is 31.2. The van der Waals surface area contributed by atoms with Crippen molar-refractivity contribution in [2.75, 3.05) is 0 Å². The molecule has 1 aromatic carbocycles. The van der Waals surface area contributed by atoms with E-state index in [1.54, 1.807) is 0 Å². The van der Waals surface area contributed by atoms with E-state index in [4.69, 9.17) is 15.5 Å². The molecular formula is C7H8NO4P. The van der Waals surface area contributed by atoms with Gasteiger partial charge in [0, 0.05) is 5.56 Å². The minimum absolute atomic E-state index is 0.279. The molecule has 0 radical (unpaired) electrons. The van der Waals surface area contributed by atoms with E-state index < -0.39 is 14.5 Å². The first-order valence-corrected chi connectivity index (χ1v) is 4.52. The van der Waals surface area contributed by atoms with Gasteiger partial charge in [0.15, 0.2) is 0 Å². The number of carbonyl (C=O) groups excluding carboxylic acids is 1. The number of amides is 1. The summed E-state index contributed by atoms with van der Waals surface area (Å²) in [4.78, 5) is 27.6. The lowest BCUT2D eigenvalue weighted by Crippen LogP contribution is -2.10. The summed E-state index contributed by atoms with van der Waals surface area (Å²) < 4.78 is 4.57. The maximum Gasteiger partial charge on any atom is 0.391 e. The van der Waals surface area contributed by atoms with Crippen LogP contribution in [0.25, 0.3) is 0 Å². The summed E-state index contributed by atoms with van der Waals surface area (Å²) in [6.45, 7) is 0. The van der Waals surface area contributed by atoms with Gasteiger partial charge in [-0.3, -0.25) is 4.79 Å². The van der Waals surface area contributed by atoms with E-state index in [2.05, 4.69) is 4.52 Å². The Morgan fingerprint density at radius 2 is 1.85 bits per heavy atom. The van der Waals surface area contributed by atoms with Crippen molar-refractivity contribution >= 4 is 14.5 Å². The summed E-state index contributed by atoms with van der Waals surface area (Å²) in [6, 6.07) is 5.75. The van der Waals surface area contributed by atoms with Gasteiger partial charge in [-0.1, -0.05) is 0 Å². The molecule has 0 unspecified atom stereocenters. The summed E-state index contributed by atoms with van der Waals surface area (Å²) in [5.74, 6) is -0.261. The van der Waals surface area contributed by atoms with Gasteiger partial charge in [0.05, 0.1) is 0 Å². The van der Waals surface area contributed by atoms with Crippen LogP contribution in [-0.4, -0.2) is 15.7 Å². The molecule has 1 amide bonds. The Morgan fingerprint density at radius 1 is 1.31 bits per heavy atom. The zero-order chi connectivity index (χ0) is 9.84. The quantitative estimate of drug-likeness (QED) is 0.616. The maximum atomic E-state index is 10.6. The first-order valence-electron chi connectivity index (χ1n) is 3.35. The lowest BCUT2D eigenvalue weighted by molar-refractivity contribution is 0.100. The van der Waals surface area contributed by atoms with Gasteiger partial charge >= 0.3 is 8.60 Å². The summed E-state index contributed by atoms with van der Waals surface area (Å²) >= 11 is 0. The number of hydrogen-bond acceptors (Lipinski definition) is 4. The molecular weight excluding hydrogens is 193 g/mol. The van der Waals surface area contributed by atoms with Crippen LogP contribution >= 0.6 is 8.60 Å². The highest BCUT2D eigenvalue weighted by molar-refractivity contribution is 7.39. The van der Waals surface area contributed by atoms with Crippen LogP contribution < -0.4 is 10.3 Å². The van der Waals surface area contributed by atoms with Gasteiger partial charge in [-0.25, -0.2) is 0 Å². The third-order valence-corrected chi connectivity index (χ3v) is 1.70. The third kappa shape index (κ3) is 2.99. The lowest BCUT2D eigenvalue weighted by Gasteiger charge is -2.04. The molecule has 4 N–H and O–H groups in total. The highest BCUT2D eigenvalue weighted by Gasteiger charge is 2.03. The maximum absolute atomic E-state index is 10.6. The highest BCUT2D eigenvalue weighted by Crippen LogP contribution is 2.28. The van der Waals surface area contributed by atoms with Crippen LogP contribution in [0.1, 0.15) is 10.4 Å². The molecule has 13 heavy (non-hydrogen) atoms. The Kier molecular flexibility index (Phi) is 3.19. The summed E-state index contributed by atoms with van der Waals surface area (Å²) in [7, 11) is -2.42. The van der Waals surface area contributed by atoms with Gasteiger partial charge in [0.25, 0.3) is 0 Å². The number of nitrogens with two attached hydrogens (primary N) is 1. The minimum atomic E-state index is -2.42. The van der Waals surface area contributed by atoms with Gasteiger partial charge in [-0.15, -0.1) is 0 Å². The second-order valence-corrected chi connectivity index (χ2v) is 2.92. The van der Waals surface area contributed by atoms with E-state index in [0.29, 0.717) is 5.56 Å². The molecule has 1 rings (SSSR count). The normalized spacial score (nSPS) is 10.1. The van der Waals surface area contributed by atoms with Crippen LogP contribution in [0.4, 0.5) is 0 Å². The third-order valence-electron chi connectivity index (χ3n) is 1.33. The van der Waals surface area contributed by atoms with Crippen molar-refractivity contribution in [2.24, 2.45) is 5.73 Å². The largest absolute Gasteiger partial charge is 0.427 e. The van der Waals surface area contributed by atoms with Crippen LogP contribution in [0.3, 0.4) is 0 Å². The van der Waals surface area contributed by atoms with Crippen LogP contribution in [0, 0.1) is 0 Å². The Labute approximate surface area is 75.8 Å². The SMILES string of the molecule is NC(=O)c1ccc(OP(O)O)cc1. The smallest absolute Gasteiger partial charge is 0.391 e. The molecule has 0 saturated carbocycles. The second-order valence-electron chi connectivity index (χ2n) is 2.23. The fourth-order valence-corrected chi connectivity index (χ4v) is 1.08. The standard InChI is InChI=1S/C7H8NO4P/c8-7(9)5-1-3-6(4-2-5)12-13(10)11/h1-4,10-11H,(H2,8,9). The van der Waals surface area contributed by atoms with Gasteiger partial charge in [0.2, 0.25) is 5.91 Å². The van der Waals surface area contributed by atoms with Crippen molar-refractivity contribution in [1.82, 2.24) is 0 Å². The summed E-state index contributed by atoms with van der Waals surface area (Å²) in [5.41, 5.74) is 5.33. The molecule has 0 aliphatic heterocycles. The van der Waals surface area contributed by atoms with Crippen LogP contribution in [0.15, 0.2) is 24.3 Å². The average Bonchev–Trinajstić information content (AvgIpc) is 2.04. The van der Waals surface area contributed by atoms with Crippen LogP contribution in [0.2, 0.25) is 0 Å². The molecule has 0 aliphatic rings. The number of carbonyl (C=O) groups is 1. The van der Waals surface area contributed by atoms with Crippen LogP contribution in [-0.2, 0) is 0 Å². The topological polar surface area (TPSA) is 92.8 Å². The zero-order valence-electron chi connectivity index (χ0n) is 6.54. The Balaban J connectivity index is 2.75. The molecule has 0 aliphatic carbocycles. The van der Waals surface area contributed by atoms with Crippen molar-refractivity contribution < 1.29 is 19.1 Å². The molecule has 0 fully saturated rings. The minimum Gasteiger partial charge on any atom is -0.427 e. The second kappa shape index (κ2) is 4.18. The first kappa shape index (κ1) is 9.92. The van der Waals surface area contributed by atoms with E-state index in [0.717, 1.165) is 0 Å². The van der Waals surface area contributed by atoms with E-state index >= 15 is 0 Å². The fourth-order valence-electron chi connectivity index (χ4n) is 0.774. The predicted molar refractivity (Wildman–Crippen MR) is 46.9 cm³/mol. The van der Waals surface area contributed by atoms with Gasteiger partial charge in [-0.05, 0) is 24.3 Å². The van der Waals surface area contributed by atoms with Crippen molar-refractivity contribution in [3.63, 3.8) is 0 Å². The molecule has 6 heteroatoms. The Bertz CT molecular complexity index is 298. The number of benzene rings is 1. The molecule has 1 aromatic rings. The number of rotatable bonds is 3. The average molecular weight is 201 g/mol. The van der Waals surface area contributed by atoms with Gasteiger partial charge in [0.1, 0.15) is 5.75 Å². The zero-order valence-corrected chi connectivity index (χ0v) is 7.44.